The molecule has 1 saturated heterocycles. The van der Waals surface area contributed by atoms with Crippen LogP contribution in [-0.2, 0) is 11.2 Å². The molecule has 0 unspecified atom stereocenters. The Hall–Kier alpha value is -3.39. The van der Waals surface area contributed by atoms with Crippen LogP contribution in [0, 0.1) is 0 Å². The highest BCUT2D eigenvalue weighted by Gasteiger charge is 2.24. The fourth-order valence-electron chi connectivity index (χ4n) is 3.83. The molecule has 0 saturated carbocycles. The van der Waals surface area contributed by atoms with Gasteiger partial charge in [-0.3, -0.25) is 4.79 Å². The molecule has 2 heterocycles. The Bertz CT molecular complexity index is 1080. The maximum absolute atomic E-state index is 12.6. The van der Waals surface area contributed by atoms with Crippen LogP contribution in [0.5, 0.6) is 5.75 Å². The van der Waals surface area contributed by atoms with E-state index in [4.69, 9.17) is 4.74 Å². The van der Waals surface area contributed by atoms with Crippen LogP contribution in [0.15, 0.2) is 60.0 Å². The molecular formula is C25H28N4O3S. The second-order valence-electron chi connectivity index (χ2n) is 7.87. The molecule has 1 aromatic heterocycles. The van der Waals surface area contributed by atoms with Gasteiger partial charge in [-0.15, -0.1) is 11.3 Å². The Morgan fingerprint density at radius 2 is 1.82 bits per heavy atom. The van der Waals surface area contributed by atoms with E-state index in [1.54, 1.807) is 4.90 Å². The largest absolute Gasteiger partial charge is 0.493 e. The quantitative estimate of drug-likeness (QED) is 0.537. The van der Waals surface area contributed by atoms with Gasteiger partial charge in [0.15, 0.2) is 0 Å². The third-order valence-corrected chi connectivity index (χ3v) is 6.41. The molecule has 0 radical (unpaired) electrons. The number of rotatable bonds is 7. The summed E-state index contributed by atoms with van der Waals surface area (Å²) in [6.07, 6.45) is 1.71. The van der Waals surface area contributed by atoms with Crippen molar-refractivity contribution in [2.45, 2.75) is 32.2 Å². The number of carbonyl (C=O) groups excluding carboxylic acids is 2. The number of ether oxygens (including phenoxy) is 1. The number of aromatic nitrogens is 1. The van der Waals surface area contributed by atoms with E-state index >= 15 is 0 Å². The SMILES string of the molecule is CCOc1ccccc1-c1nc(CC(=O)NC2CCN(C(=O)Nc3ccccc3)CC2)cs1. The van der Waals surface area contributed by atoms with Crippen LogP contribution in [0.3, 0.4) is 0 Å². The lowest BCUT2D eigenvalue weighted by Gasteiger charge is -2.32. The van der Waals surface area contributed by atoms with Gasteiger partial charge in [0.1, 0.15) is 10.8 Å². The van der Waals surface area contributed by atoms with Gasteiger partial charge in [0.05, 0.1) is 24.3 Å². The summed E-state index contributed by atoms with van der Waals surface area (Å²) in [7, 11) is 0. The van der Waals surface area contributed by atoms with E-state index in [1.807, 2.05) is 66.9 Å². The standard InChI is InChI=1S/C25H28N4O3S/c1-2-32-22-11-7-6-10-21(22)24-27-20(17-33-24)16-23(30)26-19-12-14-29(15-13-19)25(31)28-18-8-4-3-5-9-18/h3-11,17,19H,2,12-16H2,1H3,(H,26,30)(H,28,31). The van der Waals surface area contributed by atoms with Crippen molar-refractivity contribution in [3.8, 4) is 16.3 Å². The Morgan fingerprint density at radius 1 is 1.09 bits per heavy atom. The zero-order chi connectivity index (χ0) is 23.0. The highest BCUT2D eigenvalue weighted by molar-refractivity contribution is 7.13. The van der Waals surface area contributed by atoms with Crippen LogP contribution in [0.25, 0.3) is 10.6 Å². The third kappa shape index (κ3) is 6.10. The molecule has 0 aliphatic carbocycles. The van der Waals surface area contributed by atoms with E-state index in [0.29, 0.717) is 19.7 Å². The van der Waals surface area contributed by atoms with E-state index in [-0.39, 0.29) is 24.4 Å². The lowest BCUT2D eigenvalue weighted by atomic mass is 10.1. The van der Waals surface area contributed by atoms with Gasteiger partial charge in [-0.2, -0.15) is 0 Å². The smallest absolute Gasteiger partial charge is 0.321 e. The van der Waals surface area contributed by atoms with E-state index in [1.165, 1.54) is 11.3 Å². The van der Waals surface area contributed by atoms with Crippen LogP contribution in [0.2, 0.25) is 0 Å². The number of carbonyl (C=O) groups is 2. The first-order chi connectivity index (χ1) is 16.1. The minimum absolute atomic E-state index is 0.0443. The zero-order valence-electron chi connectivity index (χ0n) is 18.6. The van der Waals surface area contributed by atoms with Crippen molar-refractivity contribution >= 4 is 29.0 Å². The van der Waals surface area contributed by atoms with Crippen LogP contribution >= 0.6 is 11.3 Å². The molecule has 3 amide bonds. The summed E-state index contributed by atoms with van der Waals surface area (Å²) in [4.78, 5) is 31.5. The first-order valence-corrected chi connectivity index (χ1v) is 12.1. The molecule has 2 N–H and O–H groups in total. The molecule has 33 heavy (non-hydrogen) atoms. The topological polar surface area (TPSA) is 83.6 Å². The second-order valence-corrected chi connectivity index (χ2v) is 8.73. The lowest BCUT2D eigenvalue weighted by Crippen LogP contribution is -2.48. The van der Waals surface area contributed by atoms with Crippen molar-refractivity contribution in [1.29, 1.82) is 0 Å². The van der Waals surface area contributed by atoms with Gasteiger partial charge in [0, 0.05) is 30.2 Å². The number of likely N-dealkylation sites (tertiary alicyclic amines) is 1. The summed E-state index contributed by atoms with van der Waals surface area (Å²) in [5.74, 6) is 0.755. The van der Waals surface area contributed by atoms with Gasteiger partial charge in [-0.05, 0) is 44.0 Å². The van der Waals surface area contributed by atoms with Crippen molar-refractivity contribution in [2.75, 3.05) is 25.0 Å². The molecule has 2 aromatic carbocycles. The number of para-hydroxylation sites is 2. The second kappa shape index (κ2) is 11.0. The molecular weight excluding hydrogens is 436 g/mol. The van der Waals surface area contributed by atoms with Gasteiger partial charge < -0.3 is 20.3 Å². The summed E-state index contributed by atoms with van der Waals surface area (Å²) in [5.41, 5.74) is 2.47. The Balaban J connectivity index is 1.25. The van der Waals surface area contributed by atoms with E-state index in [9.17, 15) is 9.59 Å². The number of benzene rings is 2. The van der Waals surface area contributed by atoms with Gasteiger partial charge >= 0.3 is 6.03 Å². The van der Waals surface area contributed by atoms with Gasteiger partial charge in [-0.25, -0.2) is 9.78 Å². The minimum Gasteiger partial charge on any atom is -0.493 e. The predicted octanol–water partition coefficient (Wildman–Crippen LogP) is 4.56. The summed E-state index contributed by atoms with van der Waals surface area (Å²) in [5, 5.41) is 8.78. The first kappa shape index (κ1) is 22.8. The fourth-order valence-corrected chi connectivity index (χ4v) is 4.68. The normalized spacial score (nSPS) is 14.0. The van der Waals surface area contributed by atoms with Crippen molar-refractivity contribution in [3.63, 3.8) is 0 Å². The van der Waals surface area contributed by atoms with Crippen molar-refractivity contribution < 1.29 is 14.3 Å². The molecule has 172 valence electrons. The highest BCUT2D eigenvalue weighted by Crippen LogP contribution is 2.32. The minimum atomic E-state index is -0.103. The molecule has 0 atom stereocenters. The van der Waals surface area contributed by atoms with Crippen LogP contribution in [0.4, 0.5) is 10.5 Å². The molecule has 0 bridgehead atoms. The molecule has 1 fully saturated rings. The van der Waals surface area contributed by atoms with Crippen LogP contribution in [0.1, 0.15) is 25.5 Å². The molecule has 4 rings (SSSR count). The van der Waals surface area contributed by atoms with E-state index < -0.39 is 0 Å². The number of nitrogens with one attached hydrogen (secondary N) is 2. The number of thiazole rings is 1. The third-order valence-electron chi connectivity index (χ3n) is 5.48. The van der Waals surface area contributed by atoms with Crippen LogP contribution < -0.4 is 15.4 Å². The summed E-state index contributed by atoms with van der Waals surface area (Å²) in [6, 6.07) is 17.2. The fraction of sp³-hybridized carbons (Fsp3) is 0.320. The maximum Gasteiger partial charge on any atom is 0.321 e. The highest BCUT2D eigenvalue weighted by atomic mass is 32.1. The predicted molar refractivity (Wildman–Crippen MR) is 131 cm³/mol. The number of urea groups is 1. The number of nitrogens with zero attached hydrogens (tertiary/aromatic N) is 2. The summed E-state index contributed by atoms with van der Waals surface area (Å²) in [6.45, 7) is 3.76. The molecule has 1 aliphatic heterocycles. The monoisotopic (exact) mass is 464 g/mol. The molecule has 1 aliphatic rings. The van der Waals surface area contributed by atoms with Gasteiger partial charge in [0.25, 0.3) is 0 Å². The number of hydrogen-bond donors (Lipinski definition) is 2. The Kier molecular flexibility index (Phi) is 7.57. The van der Waals surface area contributed by atoms with Crippen molar-refractivity contribution in [3.05, 3.63) is 65.7 Å². The number of hydrogen-bond acceptors (Lipinski definition) is 5. The van der Waals surface area contributed by atoms with Crippen LogP contribution in [-0.4, -0.2) is 47.6 Å². The molecule has 7 nitrogen and oxygen atoms in total. The lowest BCUT2D eigenvalue weighted by molar-refractivity contribution is -0.121. The maximum atomic E-state index is 12.6. The first-order valence-electron chi connectivity index (χ1n) is 11.2. The Labute approximate surface area is 197 Å². The summed E-state index contributed by atoms with van der Waals surface area (Å²) >= 11 is 1.51. The van der Waals surface area contributed by atoms with Crippen molar-refractivity contribution in [2.24, 2.45) is 0 Å². The molecule has 8 heteroatoms. The van der Waals surface area contributed by atoms with E-state index in [2.05, 4.69) is 15.6 Å². The molecule has 3 aromatic rings. The van der Waals surface area contributed by atoms with Gasteiger partial charge in [0.2, 0.25) is 5.91 Å². The average Bonchev–Trinajstić information content (AvgIpc) is 3.29. The zero-order valence-corrected chi connectivity index (χ0v) is 19.4. The molecule has 0 spiro atoms. The summed E-state index contributed by atoms with van der Waals surface area (Å²) < 4.78 is 5.70. The Morgan fingerprint density at radius 3 is 2.58 bits per heavy atom. The van der Waals surface area contributed by atoms with E-state index in [0.717, 1.165) is 40.5 Å². The number of piperidine rings is 1. The van der Waals surface area contributed by atoms with Gasteiger partial charge in [-0.1, -0.05) is 30.3 Å². The average molecular weight is 465 g/mol. The number of amides is 3. The van der Waals surface area contributed by atoms with Crippen molar-refractivity contribution in [1.82, 2.24) is 15.2 Å². The number of anilines is 1.